The molecule has 0 radical (unpaired) electrons. The average Bonchev–Trinajstić information content (AvgIpc) is 2.74. The van der Waals surface area contributed by atoms with E-state index in [0.717, 1.165) is 5.56 Å². The highest BCUT2D eigenvalue weighted by Gasteiger charge is 2.20. The lowest BCUT2D eigenvalue weighted by Gasteiger charge is -2.20. The first-order chi connectivity index (χ1) is 15.9. The predicted octanol–water partition coefficient (Wildman–Crippen LogP) is 4.88. The van der Waals surface area contributed by atoms with Crippen LogP contribution in [0.5, 0.6) is 0 Å². The number of anilines is 2. The summed E-state index contributed by atoms with van der Waals surface area (Å²) in [5.41, 5.74) is 2.74. The van der Waals surface area contributed by atoms with E-state index in [1.807, 2.05) is 39.8 Å². The van der Waals surface area contributed by atoms with Crippen LogP contribution in [-0.4, -0.2) is 25.8 Å². The van der Waals surface area contributed by atoms with Crippen LogP contribution in [0.4, 0.5) is 11.4 Å². The summed E-state index contributed by atoms with van der Waals surface area (Å²) in [6.07, 6.45) is 0. The molecule has 2 amide bonds. The van der Waals surface area contributed by atoms with Crippen molar-refractivity contribution in [3.05, 3.63) is 89.0 Å². The molecule has 0 atom stereocenters. The van der Waals surface area contributed by atoms with E-state index in [1.165, 1.54) is 12.1 Å². The van der Waals surface area contributed by atoms with E-state index in [2.05, 4.69) is 15.4 Å². The highest BCUT2D eigenvalue weighted by molar-refractivity contribution is 7.92. The number of hydrogen-bond acceptors (Lipinski definition) is 4. The number of hydrogen-bond donors (Lipinski definition) is 3. The summed E-state index contributed by atoms with van der Waals surface area (Å²) in [7, 11) is -3.89. The van der Waals surface area contributed by atoms with Crippen LogP contribution in [0.25, 0.3) is 0 Å². The molecule has 0 saturated carbocycles. The van der Waals surface area contributed by atoms with Crippen LogP contribution in [0.1, 0.15) is 52.6 Å². The van der Waals surface area contributed by atoms with Gasteiger partial charge in [0.05, 0.1) is 10.6 Å². The fourth-order valence-corrected chi connectivity index (χ4v) is 4.38. The molecule has 34 heavy (non-hydrogen) atoms. The van der Waals surface area contributed by atoms with Crippen LogP contribution in [0, 0.1) is 13.8 Å². The maximum atomic E-state index is 12.9. The van der Waals surface area contributed by atoms with Crippen LogP contribution >= 0.6 is 0 Å². The molecule has 8 heteroatoms. The number of nitrogens with one attached hydrogen (secondary N) is 3. The van der Waals surface area contributed by atoms with Crippen molar-refractivity contribution in [3.63, 3.8) is 0 Å². The van der Waals surface area contributed by atoms with Crippen molar-refractivity contribution in [3.8, 4) is 0 Å². The van der Waals surface area contributed by atoms with Crippen LogP contribution in [0.15, 0.2) is 71.6 Å². The molecule has 3 rings (SSSR count). The second-order valence-corrected chi connectivity index (χ2v) is 10.8. The first-order valence-corrected chi connectivity index (χ1v) is 12.3. The van der Waals surface area contributed by atoms with Crippen molar-refractivity contribution >= 4 is 33.2 Å². The molecule has 3 aromatic carbocycles. The lowest BCUT2D eigenvalue weighted by Crippen LogP contribution is -2.40. The van der Waals surface area contributed by atoms with E-state index in [4.69, 9.17) is 0 Å². The lowest BCUT2D eigenvalue weighted by atomic mass is 10.1. The Labute approximate surface area is 200 Å². The molecule has 0 fully saturated rings. The normalized spacial score (nSPS) is 11.6. The third-order valence-electron chi connectivity index (χ3n) is 5.05. The Morgan fingerprint density at radius 1 is 0.794 bits per heavy atom. The molecule has 3 aromatic rings. The van der Waals surface area contributed by atoms with E-state index in [0.29, 0.717) is 22.5 Å². The Bertz CT molecular complexity index is 1320. The van der Waals surface area contributed by atoms with Gasteiger partial charge in [0.2, 0.25) is 0 Å². The van der Waals surface area contributed by atoms with Gasteiger partial charge in [-0.3, -0.25) is 14.3 Å². The van der Waals surface area contributed by atoms with Crippen molar-refractivity contribution in [2.24, 2.45) is 0 Å². The monoisotopic (exact) mass is 479 g/mol. The van der Waals surface area contributed by atoms with Gasteiger partial charge in [-0.25, -0.2) is 8.42 Å². The molecule has 7 nitrogen and oxygen atoms in total. The van der Waals surface area contributed by atoms with Gasteiger partial charge in [0.25, 0.3) is 21.8 Å². The maximum Gasteiger partial charge on any atom is 0.261 e. The molecule has 0 aliphatic rings. The second kappa shape index (κ2) is 9.69. The SMILES string of the molecule is Cc1ccccc1NS(=O)(=O)c1ccc(C)c(C(=O)Nc2ccc(C(=O)NC(C)(C)C)cc2)c1. The Balaban J connectivity index is 1.79. The Morgan fingerprint density at radius 2 is 1.44 bits per heavy atom. The number of benzene rings is 3. The smallest absolute Gasteiger partial charge is 0.261 e. The summed E-state index contributed by atoms with van der Waals surface area (Å²) in [4.78, 5) is 25.2. The standard InChI is InChI=1S/C26H29N3O4S/c1-17-10-15-21(34(32,33)29-23-9-7-6-8-18(23)2)16-22(17)25(31)27-20-13-11-19(12-14-20)24(30)28-26(3,4)5/h6-16,29H,1-5H3,(H,27,31)(H,28,30). The fraction of sp³-hybridized carbons (Fsp3) is 0.231. The topological polar surface area (TPSA) is 104 Å². The molecule has 3 N–H and O–H groups in total. The van der Waals surface area contributed by atoms with Gasteiger partial charge in [0, 0.05) is 22.4 Å². The van der Waals surface area contributed by atoms with Crippen molar-refractivity contribution in [2.75, 3.05) is 10.0 Å². The average molecular weight is 480 g/mol. The number of aryl methyl sites for hydroxylation is 2. The third-order valence-corrected chi connectivity index (χ3v) is 6.41. The molecule has 0 aromatic heterocycles. The van der Waals surface area contributed by atoms with Crippen molar-refractivity contribution in [2.45, 2.75) is 45.1 Å². The van der Waals surface area contributed by atoms with Crippen LogP contribution < -0.4 is 15.4 Å². The first-order valence-electron chi connectivity index (χ1n) is 10.8. The van der Waals surface area contributed by atoms with Crippen LogP contribution in [-0.2, 0) is 10.0 Å². The fourth-order valence-electron chi connectivity index (χ4n) is 3.22. The number of para-hydroxylation sites is 1. The van der Waals surface area contributed by atoms with E-state index in [-0.39, 0.29) is 21.9 Å². The van der Waals surface area contributed by atoms with E-state index in [9.17, 15) is 18.0 Å². The Hall–Kier alpha value is -3.65. The number of rotatable bonds is 6. The zero-order valence-corrected chi connectivity index (χ0v) is 20.7. The van der Waals surface area contributed by atoms with Gasteiger partial charge in [0.1, 0.15) is 0 Å². The summed E-state index contributed by atoms with van der Waals surface area (Å²) in [5.74, 6) is -0.655. The van der Waals surface area contributed by atoms with Gasteiger partial charge in [0.15, 0.2) is 0 Å². The van der Waals surface area contributed by atoms with Crippen LogP contribution in [0.3, 0.4) is 0 Å². The molecular formula is C26H29N3O4S. The summed E-state index contributed by atoms with van der Waals surface area (Å²) in [6.45, 7) is 9.23. The van der Waals surface area contributed by atoms with Gasteiger partial charge in [-0.05, 0) is 88.2 Å². The Kier molecular flexibility index (Phi) is 7.12. The van der Waals surface area contributed by atoms with Crippen LogP contribution in [0.2, 0.25) is 0 Å². The van der Waals surface area contributed by atoms with Crippen molar-refractivity contribution in [1.82, 2.24) is 5.32 Å². The van der Waals surface area contributed by atoms with Gasteiger partial charge in [-0.15, -0.1) is 0 Å². The van der Waals surface area contributed by atoms with E-state index in [1.54, 1.807) is 49.4 Å². The first kappa shape index (κ1) is 25.0. The zero-order chi connectivity index (χ0) is 25.1. The molecule has 0 bridgehead atoms. The summed E-state index contributed by atoms with van der Waals surface area (Å²) >= 11 is 0. The zero-order valence-electron chi connectivity index (χ0n) is 19.9. The largest absolute Gasteiger partial charge is 0.347 e. The molecule has 178 valence electrons. The van der Waals surface area contributed by atoms with Gasteiger partial charge < -0.3 is 10.6 Å². The lowest BCUT2D eigenvalue weighted by molar-refractivity contribution is 0.0919. The minimum Gasteiger partial charge on any atom is -0.347 e. The molecule has 0 spiro atoms. The number of carbonyl (C=O) groups excluding carboxylic acids is 2. The number of sulfonamides is 1. The molecule has 0 aliphatic heterocycles. The van der Waals surface area contributed by atoms with Gasteiger partial charge in [-0.1, -0.05) is 24.3 Å². The van der Waals surface area contributed by atoms with Gasteiger partial charge >= 0.3 is 0 Å². The van der Waals surface area contributed by atoms with Crippen molar-refractivity contribution in [1.29, 1.82) is 0 Å². The third kappa shape index (κ3) is 6.23. The minimum atomic E-state index is -3.89. The van der Waals surface area contributed by atoms with E-state index >= 15 is 0 Å². The van der Waals surface area contributed by atoms with E-state index < -0.39 is 15.9 Å². The second-order valence-electron chi connectivity index (χ2n) is 9.13. The number of amides is 2. The molecular weight excluding hydrogens is 450 g/mol. The van der Waals surface area contributed by atoms with Gasteiger partial charge in [-0.2, -0.15) is 0 Å². The number of carbonyl (C=O) groups is 2. The molecule has 0 saturated heterocycles. The quantitative estimate of drug-likeness (QED) is 0.468. The minimum absolute atomic E-state index is 0.0132. The Morgan fingerprint density at radius 3 is 2.06 bits per heavy atom. The van der Waals surface area contributed by atoms with Crippen molar-refractivity contribution < 1.29 is 18.0 Å². The molecule has 0 aliphatic carbocycles. The predicted molar refractivity (Wildman–Crippen MR) is 135 cm³/mol. The summed E-state index contributed by atoms with van der Waals surface area (Å²) in [6, 6.07) is 18.0. The molecule has 0 heterocycles. The summed E-state index contributed by atoms with van der Waals surface area (Å²) in [5, 5.41) is 5.65. The maximum absolute atomic E-state index is 12.9. The summed E-state index contributed by atoms with van der Waals surface area (Å²) < 4.78 is 28.4. The highest BCUT2D eigenvalue weighted by atomic mass is 32.2. The highest BCUT2D eigenvalue weighted by Crippen LogP contribution is 2.22. The molecule has 0 unspecified atom stereocenters.